The smallest absolute Gasteiger partial charge is 0.163 e. The van der Waals surface area contributed by atoms with Crippen LogP contribution in [0.2, 0.25) is 0 Å². The number of nitrogens with zero attached hydrogens (tertiary/aromatic N) is 1. The summed E-state index contributed by atoms with van der Waals surface area (Å²) in [7, 11) is 1.73. The van der Waals surface area contributed by atoms with Gasteiger partial charge in [-0.15, -0.1) is 12.4 Å². The molecule has 1 aromatic heterocycles. The van der Waals surface area contributed by atoms with Crippen LogP contribution in [0, 0.1) is 18.8 Å². The molecule has 3 rings (SSSR count). The lowest BCUT2D eigenvalue weighted by atomic mass is 9.72. The number of ether oxygens (including phenoxy) is 1. The van der Waals surface area contributed by atoms with Crippen LogP contribution in [-0.4, -0.2) is 18.1 Å². The Bertz CT molecular complexity index is 480. The van der Waals surface area contributed by atoms with E-state index in [0.717, 1.165) is 29.0 Å². The van der Waals surface area contributed by atoms with Crippen molar-refractivity contribution in [3.8, 4) is 5.75 Å². The first-order valence-electron chi connectivity index (χ1n) is 9.04. The van der Waals surface area contributed by atoms with Crippen LogP contribution in [0.3, 0.4) is 0 Å². The van der Waals surface area contributed by atoms with Crippen molar-refractivity contribution in [2.24, 2.45) is 11.8 Å². The molecule has 2 aliphatic rings. The van der Waals surface area contributed by atoms with Crippen LogP contribution in [0.5, 0.6) is 5.75 Å². The zero-order valence-electron chi connectivity index (χ0n) is 14.5. The number of nitrogens with one attached hydrogen (secondary N) is 1. The van der Waals surface area contributed by atoms with Crippen molar-refractivity contribution in [3.63, 3.8) is 0 Å². The van der Waals surface area contributed by atoms with Gasteiger partial charge in [-0.3, -0.25) is 4.98 Å². The van der Waals surface area contributed by atoms with E-state index in [1.807, 2.05) is 19.2 Å². The molecule has 1 aromatic rings. The maximum absolute atomic E-state index is 5.51. The SMILES string of the molecule is COc1c(N[C@H]2CC[C@@H](C3CCCCC3)CC2)ccnc1C.Cl. The molecule has 3 nitrogen and oxygen atoms in total. The third kappa shape index (κ3) is 4.53. The Morgan fingerprint density at radius 2 is 1.65 bits per heavy atom. The van der Waals surface area contributed by atoms with Gasteiger partial charge >= 0.3 is 0 Å². The van der Waals surface area contributed by atoms with Crippen molar-refractivity contribution in [2.45, 2.75) is 70.8 Å². The number of aromatic nitrogens is 1. The highest BCUT2D eigenvalue weighted by atomic mass is 35.5. The quantitative estimate of drug-likeness (QED) is 0.801. The number of methoxy groups -OCH3 is 1. The second-order valence-electron chi connectivity index (χ2n) is 7.13. The fourth-order valence-corrected chi connectivity index (χ4v) is 4.48. The summed E-state index contributed by atoms with van der Waals surface area (Å²) in [6.45, 7) is 2.00. The highest BCUT2D eigenvalue weighted by Crippen LogP contribution is 2.39. The summed E-state index contributed by atoms with van der Waals surface area (Å²) in [6.07, 6.45) is 14.6. The minimum Gasteiger partial charge on any atom is -0.493 e. The van der Waals surface area contributed by atoms with Gasteiger partial charge in [0, 0.05) is 12.2 Å². The second kappa shape index (κ2) is 8.77. The molecular weight excluding hydrogens is 308 g/mol. The summed E-state index contributed by atoms with van der Waals surface area (Å²) in [6, 6.07) is 2.63. The average Bonchev–Trinajstić information content (AvgIpc) is 2.57. The first-order valence-corrected chi connectivity index (χ1v) is 9.04. The number of pyridine rings is 1. The third-order valence-electron chi connectivity index (χ3n) is 5.73. The Morgan fingerprint density at radius 1 is 1.00 bits per heavy atom. The Labute approximate surface area is 147 Å². The molecule has 130 valence electrons. The first-order chi connectivity index (χ1) is 10.8. The van der Waals surface area contributed by atoms with Crippen molar-refractivity contribution in [3.05, 3.63) is 18.0 Å². The maximum Gasteiger partial charge on any atom is 0.163 e. The van der Waals surface area contributed by atoms with Crippen molar-refractivity contribution in [2.75, 3.05) is 12.4 Å². The summed E-state index contributed by atoms with van der Waals surface area (Å²) in [5.41, 5.74) is 2.07. The monoisotopic (exact) mass is 338 g/mol. The van der Waals surface area contributed by atoms with E-state index in [2.05, 4.69) is 10.3 Å². The standard InChI is InChI=1S/C19H30N2O.ClH/c1-14-19(22-2)18(12-13-20-14)21-17-10-8-16(9-11-17)15-6-4-3-5-7-15;/h12-13,15-17H,3-11H2,1-2H3,(H,20,21);1H/t16-,17+;. The van der Waals surface area contributed by atoms with E-state index >= 15 is 0 Å². The highest BCUT2D eigenvalue weighted by molar-refractivity contribution is 5.85. The van der Waals surface area contributed by atoms with Gasteiger partial charge < -0.3 is 10.1 Å². The minimum absolute atomic E-state index is 0. The molecule has 23 heavy (non-hydrogen) atoms. The number of aryl methyl sites for hydroxylation is 1. The van der Waals surface area contributed by atoms with Gasteiger partial charge in [0.1, 0.15) is 0 Å². The number of hydrogen-bond acceptors (Lipinski definition) is 3. The second-order valence-corrected chi connectivity index (χ2v) is 7.13. The van der Waals surface area contributed by atoms with Gasteiger partial charge in [-0.05, 0) is 50.5 Å². The molecule has 2 aliphatic carbocycles. The number of anilines is 1. The Hall–Kier alpha value is -0.960. The zero-order chi connectivity index (χ0) is 15.4. The van der Waals surface area contributed by atoms with E-state index in [4.69, 9.17) is 4.74 Å². The van der Waals surface area contributed by atoms with Gasteiger partial charge in [-0.25, -0.2) is 0 Å². The first kappa shape index (κ1) is 18.4. The van der Waals surface area contributed by atoms with E-state index in [0.29, 0.717) is 6.04 Å². The molecular formula is C19H31ClN2O. The van der Waals surface area contributed by atoms with E-state index in [1.165, 1.54) is 57.8 Å². The molecule has 0 bridgehead atoms. The van der Waals surface area contributed by atoms with Gasteiger partial charge in [-0.2, -0.15) is 0 Å². The Morgan fingerprint density at radius 3 is 2.30 bits per heavy atom. The van der Waals surface area contributed by atoms with Crippen LogP contribution in [0.4, 0.5) is 5.69 Å². The predicted octanol–water partition coefficient (Wildman–Crippen LogP) is 5.37. The molecule has 1 heterocycles. The van der Waals surface area contributed by atoms with Crippen LogP contribution in [0.15, 0.2) is 12.3 Å². The lowest BCUT2D eigenvalue weighted by molar-refractivity contribution is 0.190. The average molecular weight is 339 g/mol. The van der Waals surface area contributed by atoms with E-state index in [9.17, 15) is 0 Å². The van der Waals surface area contributed by atoms with Crippen molar-refractivity contribution >= 4 is 18.1 Å². The molecule has 4 heteroatoms. The third-order valence-corrected chi connectivity index (χ3v) is 5.73. The largest absolute Gasteiger partial charge is 0.493 e. The molecule has 0 saturated heterocycles. The van der Waals surface area contributed by atoms with Crippen molar-refractivity contribution in [1.29, 1.82) is 0 Å². The molecule has 0 spiro atoms. The van der Waals surface area contributed by atoms with Crippen LogP contribution in [-0.2, 0) is 0 Å². The number of rotatable bonds is 4. The van der Waals surface area contributed by atoms with Crippen LogP contribution >= 0.6 is 12.4 Å². The van der Waals surface area contributed by atoms with Crippen LogP contribution < -0.4 is 10.1 Å². The molecule has 2 saturated carbocycles. The van der Waals surface area contributed by atoms with Gasteiger partial charge in [0.2, 0.25) is 0 Å². The zero-order valence-corrected chi connectivity index (χ0v) is 15.3. The molecule has 0 amide bonds. The van der Waals surface area contributed by atoms with Crippen molar-refractivity contribution < 1.29 is 4.74 Å². The molecule has 1 N–H and O–H groups in total. The Balaban J connectivity index is 0.00000192. The van der Waals surface area contributed by atoms with Gasteiger partial charge in [-0.1, -0.05) is 32.1 Å². The van der Waals surface area contributed by atoms with Crippen molar-refractivity contribution in [1.82, 2.24) is 4.98 Å². The normalized spacial score (nSPS) is 25.5. The summed E-state index contributed by atoms with van der Waals surface area (Å²) in [4.78, 5) is 4.31. The molecule has 0 radical (unpaired) electrons. The summed E-state index contributed by atoms with van der Waals surface area (Å²) in [5, 5.41) is 3.70. The van der Waals surface area contributed by atoms with Crippen LogP contribution in [0.25, 0.3) is 0 Å². The molecule has 0 aliphatic heterocycles. The lowest BCUT2D eigenvalue weighted by Crippen LogP contribution is -2.30. The molecule has 0 atom stereocenters. The summed E-state index contributed by atoms with van der Waals surface area (Å²) in [5.74, 6) is 2.91. The fourth-order valence-electron chi connectivity index (χ4n) is 4.48. The van der Waals surface area contributed by atoms with Gasteiger partial charge in [0.05, 0.1) is 18.5 Å². The molecule has 0 aromatic carbocycles. The molecule has 2 fully saturated rings. The van der Waals surface area contributed by atoms with E-state index in [-0.39, 0.29) is 12.4 Å². The van der Waals surface area contributed by atoms with Gasteiger partial charge in [0.25, 0.3) is 0 Å². The molecule has 0 unspecified atom stereocenters. The number of hydrogen-bond donors (Lipinski definition) is 1. The minimum atomic E-state index is 0. The highest BCUT2D eigenvalue weighted by Gasteiger charge is 2.28. The number of halogens is 1. The topological polar surface area (TPSA) is 34.1 Å². The fraction of sp³-hybridized carbons (Fsp3) is 0.737. The lowest BCUT2D eigenvalue weighted by Gasteiger charge is -2.36. The van der Waals surface area contributed by atoms with E-state index < -0.39 is 0 Å². The predicted molar refractivity (Wildman–Crippen MR) is 98.7 cm³/mol. The Kier molecular flexibility index (Phi) is 7.01. The summed E-state index contributed by atoms with van der Waals surface area (Å²) >= 11 is 0. The van der Waals surface area contributed by atoms with E-state index in [1.54, 1.807) is 7.11 Å². The summed E-state index contributed by atoms with van der Waals surface area (Å²) < 4.78 is 5.51. The van der Waals surface area contributed by atoms with Crippen LogP contribution in [0.1, 0.15) is 63.5 Å². The van der Waals surface area contributed by atoms with Gasteiger partial charge in [0.15, 0.2) is 5.75 Å². The maximum atomic E-state index is 5.51.